The summed E-state index contributed by atoms with van der Waals surface area (Å²) in [5, 5.41) is 0. The Morgan fingerprint density at radius 3 is 2.17 bits per heavy atom. The van der Waals surface area contributed by atoms with E-state index in [1.165, 1.54) is 6.08 Å². The molecule has 0 aliphatic rings. The lowest BCUT2D eigenvalue weighted by Crippen LogP contribution is -2.07. The summed E-state index contributed by atoms with van der Waals surface area (Å²) in [6.07, 6.45) is 9.51. The molecule has 0 rings (SSSR count). The van der Waals surface area contributed by atoms with Crippen molar-refractivity contribution in [3.63, 3.8) is 0 Å². The first-order valence-corrected chi connectivity index (χ1v) is 11.6. The van der Waals surface area contributed by atoms with E-state index >= 15 is 0 Å². The van der Waals surface area contributed by atoms with E-state index in [1.807, 2.05) is 0 Å². The number of carbonyl (C=O) groups is 1. The number of unbranched alkanes of at least 4 members (excludes halogenated alkanes) is 5. The molecule has 0 saturated carbocycles. The first-order valence-electron chi connectivity index (χ1n) is 6.32. The highest BCUT2D eigenvalue weighted by molar-refractivity contribution is 7.64. The molecule has 0 fully saturated rings. The Hall–Kier alpha value is 0.297. The Kier molecular flexibility index (Phi) is 11.3. The number of carbonyl (C=O) groups excluding carboxylic acids is 1. The second-order valence-electron chi connectivity index (χ2n) is 4.15. The molecule has 0 saturated heterocycles. The monoisotopic (exact) mass is 330 g/mol. The summed E-state index contributed by atoms with van der Waals surface area (Å²) in [4.78, 5) is 11.0. The molecule has 0 unspecified atom stereocenters. The lowest BCUT2D eigenvalue weighted by molar-refractivity contribution is -0.137. The number of rotatable bonds is 10. The van der Waals surface area contributed by atoms with Crippen molar-refractivity contribution in [3.05, 3.63) is 12.2 Å². The number of halogens is 3. The normalized spacial score (nSPS) is 12.0. The highest BCUT2D eigenvalue weighted by Crippen LogP contribution is 2.27. The van der Waals surface area contributed by atoms with Crippen molar-refractivity contribution in [2.24, 2.45) is 0 Å². The predicted octanol–water partition coefficient (Wildman–Crippen LogP) is 5.10. The Morgan fingerprint density at radius 2 is 1.61 bits per heavy atom. The smallest absolute Gasteiger partial charge is 0.341 e. The van der Waals surface area contributed by atoms with Gasteiger partial charge < -0.3 is 4.74 Å². The molecule has 0 aliphatic carbocycles. The largest absolute Gasteiger partial charge is 0.463 e. The molecular weight excluding hydrogens is 311 g/mol. The maximum atomic E-state index is 11.0. The molecule has 0 aromatic rings. The van der Waals surface area contributed by atoms with E-state index in [0.29, 0.717) is 6.61 Å². The van der Waals surface area contributed by atoms with Gasteiger partial charge in [0.25, 0.3) is 0 Å². The predicted molar refractivity (Wildman–Crippen MR) is 81.6 cm³/mol. The van der Waals surface area contributed by atoms with Crippen LogP contribution in [0.3, 0.4) is 0 Å². The fourth-order valence-corrected chi connectivity index (χ4v) is 3.35. The number of esters is 1. The Morgan fingerprint density at radius 1 is 1.06 bits per heavy atom. The van der Waals surface area contributed by atoms with Crippen molar-refractivity contribution < 1.29 is 9.53 Å². The van der Waals surface area contributed by atoms with Crippen LogP contribution >= 0.6 is 33.2 Å². The number of allylic oxidation sites excluding steroid dienone is 1. The molecular formula is C12H21Cl3O2Si. The van der Waals surface area contributed by atoms with Gasteiger partial charge in [-0.05, 0) is 19.4 Å². The van der Waals surface area contributed by atoms with Gasteiger partial charge in [-0.2, -0.15) is 0 Å². The van der Waals surface area contributed by atoms with Gasteiger partial charge in [-0.3, -0.25) is 0 Å². The van der Waals surface area contributed by atoms with Crippen LogP contribution in [0.4, 0.5) is 0 Å². The van der Waals surface area contributed by atoms with Crippen LogP contribution in [-0.4, -0.2) is 18.6 Å². The molecule has 0 radical (unpaired) electrons. The number of hydrogen-bond donors (Lipinski definition) is 0. The second kappa shape index (κ2) is 11.2. The quantitative estimate of drug-likeness (QED) is 0.183. The van der Waals surface area contributed by atoms with Crippen molar-refractivity contribution in [1.29, 1.82) is 0 Å². The number of hydrogen-bond acceptors (Lipinski definition) is 2. The zero-order chi connectivity index (χ0) is 13.9. The van der Waals surface area contributed by atoms with Gasteiger partial charge in [0.05, 0.1) is 6.61 Å². The average Bonchev–Trinajstić information content (AvgIpc) is 2.25. The molecule has 0 spiro atoms. The first kappa shape index (κ1) is 18.3. The van der Waals surface area contributed by atoms with Gasteiger partial charge in [-0.15, -0.1) is 33.2 Å². The fraction of sp³-hybridized carbons (Fsp3) is 0.750. The van der Waals surface area contributed by atoms with Crippen LogP contribution in [0.2, 0.25) is 6.04 Å². The Labute approximate surface area is 125 Å². The van der Waals surface area contributed by atoms with Gasteiger partial charge in [0.1, 0.15) is 0 Å². The summed E-state index contributed by atoms with van der Waals surface area (Å²) in [6.45, 7) is 2.30. The minimum atomic E-state index is -2.41. The van der Waals surface area contributed by atoms with Gasteiger partial charge >= 0.3 is 12.0 Å². The van der Waals surface area contributed by atoms with Gasteiger partial charge in [0.15, 0.2) is 0 Å². The molecule has 18 heavy (non-hydrogen) atoms. The molecule has 106 valence electrons. The molecule has 0 atom stereocenters. The van der Waals surface area contributed by atoms with Gasteiger partial charge in [-0.25, -0.2) is 4.79 Å². The van der Waals surface area contributed by atoms with Crippen LogP contribution in [0.5, 0.6) is 0 Å². The minimum Gasteiger partial charge on any atom is -0.463 e. The summed E-state index contributed by atoms with van der Waals surface area (Å²) >= 11 is 17.4. The van der Waals surface area contributed by atoms with E-state index in [-0.39, 0.29) is 5.97 Å². The van der Waals surface area contributed by atoms with E-state index in [1.54, 1.807) is 13.0 Å². The standard InChI is InChI=1S/C12H21Cl3O2Si/c1-2-9-12(16)17-10-7-5-3-4-6-8-11-18(13,14)15/h2,9H,3-8,10-11H2,1H3. The van der Waals surface area contributed by atoms with Gasteiger partial charge in [0, 0.05) is 6.08 Å². The zero-order valence-electron chi connectivity index (χ0n) is 10.8. The number of ether oxygens (including phenoxy) is 1. The molecule has 0 bridgehead atoms. The molecule has 2 nitrogen and oxygen atoms in total. The lowest BCUT2D eigenvalue weighted by atomic mass is 10.1. The van der Waals surface area contributed by atoms with Crippen molar-refractivity contribution >= 4 is 45.2 Å². The summed E-state index contributed by atoms with van der Waals surface area (Å²) in [7, 11) is 0. The van der Waals surface area contributed by atoms with E-state index in [0.717, 1.165) is 44.6 Å². The summed E-state index contributed by atoms with van der Waals surface area (Å²) in [6, 6.07) is -1.66. The average molecular weight is 332 g/mol. The van der Waals surface area contributed by atoms with E-state index in [9.17, 15) is 4.79 Å². The summed E-state index contributed by atoms with van der Waals surface area (Å²) in [5.74, 6) is -0.259. The topological polar surface area (TPSA) is 26.3 Å². The van der Waals surface area contributed by atoms with Crippen LogP contribution in [0, 0.1) is 0 Å². The minimum absolute atomic E-state index is 0.259. The zero-order valence-corrected chi connectivity index (χ0v) is 14.0. The maximum absolute atomic E-state index is 11.0. The lowest BCUT2D eigenvalue weighted by Gasteiger charge is -2.06. The van der Waals surface area contributed by atoms with Crippen LogP contribution in [-0.2, 0) is 9.53 Å². The van der Waals surface area contributed by atoms with E-state index in [2.05, 4.69) is 0 Å². The molecule has 0 amide bonds. The highest BCUT2D eigenvalue weighted by atomic mass is 35.8. The fourth-order valence-electron chi connectivity index (χ4n) is 1.49. The van der Waals surface area contributed by atoms with Crippen molar-refractivity contribution in [2.75, 3.05) is 6.61 Å². The third kappa shape index (κ3) is 14.4. The molecule has 0 aliphatic heterocycles. The van der Waals surface area contributed by atoms with Gasteiger partial charge in [0.2, 0.25) is 0 Å². The molecule has 6 heteroatoms. The molecule has 0 heterocycles. The second-order valence-corrected chi connectivity index (χ2v) is 13.4. The van der Waals surface area contributed by atoms with Crippen LogP contribution in [0.1, 0.15) is 45.4 Å². The molecule has 0 aromatic carbocycles. The highest BCUT2D eigenvalue weighted by Gasteiger charge is 2.23. The SMILES string of the molecule is CC=CC(=O)OCCCCCCCC[Si](Cl)(Cl)Cl. The maximum Gasteiger partial charge on any atom is 0.341 e. The molecule has 0 N–H and O–H groups in total. The first-order chi connectivity index (χ1) is 8.45. The van der Waals surface area contributed by atoms with Crippen LogP contribution in [0.15, 0.2) is 12.2 Å². The third-order valence-electron chi connectivity index (χ3n) is 2.40. The van der Waals surface area contributed by atoms with Crippen molar-refractivity contribution in [2.45, 2.75) is 51.5 Å². The van der Waals surface area contributed by atoms with E-state index in [4.69, 9.17) is 38.0 Å². The van der Waals surface area contributed by atoms with Crippen molar-refractivity contribution in [1.82, 2.24) is 0 Å². The van der Waals surface area contributed by atoms with E-state index < -0.39 is 6.00 Å². The third-order valence-corrected chi connectivity index (χ3v) is 5.02. The molecule has 0 aromatic heterocycles. The van der Waals surface area contributed by atoms with Crippen LogP contribution in [0.25, 0.3) is 0 Å². The van der Waals surface area contributed by atoms with Crippen LogP contribution < -0.4 is 0 Å². The van der Waals surface area contributed by atoms with Gasteiger partial charge in [-0.1, -0.05) is 38.2 Å². The Balaban J connectivity index is 3.19. The summed E-state index contributed by atoms with van der Waals surface area (Å²) in [5.41, 5.74) is 0. The summed E-state index contributed by atoms with van der Waals surface area (Å²) < 4.78 is 4.98. The Bertz CT molecular complexity index is 252. The van der Waals surface area contributed by atoms with Crippen molar-refractivity contribution in [3.8, 4) is 0 Å².